The van der Waals surface area contributed by atoms with Gasteiger partial charge in [-0.1, -0.05) is 73.7 Å². The van der Waals surface area contributed by atoms with Gasteiger partial charge in [-0.15, -0.1) is 11.8 Å². The highest BCUT2D eigenvalue weighted by atomic mass is 32.2. The average molecular weight is 474 g/mol. The topological polar surface area (TPSA) is 49.8 Å². The van der Waals surface area contributed by atoms with Crippen LogP contribution in [0.3, 0.4) is 0 Å². The third-order valence-corrected chi connectivity index (χ3v) is 6.98. The van der Waals surface area contributed by atoms with E-state index < -0.39 is 11.6 Å². The summed E-state index contributed by atoms with van der Waals surface area (Å²) in [5, 5.41) is 11.4. The summed E-state index contributed by atoms with van der Waals surface area (Å²) in [6, 6.07) is 28.0. The monoisotopic (exact) mass is 473 g/mol. The molecule has 4 rings (SSSR count). The summed E-state index contributed by atoms with van der Waals surface area (Å²) in [7, 11) is 0. The number of aryl methyl sites for hydroxylation is 1. The van der Waals surface area contributed by atoms with Gasteiger partial charge in [-0.2, -0.15) is 0 Å². The van der Waals surface area contributed by atoms with Crippen LogP contribution in [0.25, 0.3) is 0 Å². The third-order valence-electron chi connectivity index (χ3n) is 6.25. The fourth-order valence-electron chi connectivity index (χ4n) is 4.55. The second-order valence-electron chi connectivity index (χ2n) is 8.56. The number of aliphatic hydroxyl groups is 1. The number of hydrogen-bond acceptors (Lipinski definition) is 5. The predicted octanol–water partition coefficient (Wildman–Crippen LogP) is 6.87. The van der Waals surface area contributed by atoms with Gasteiger partial charge < -0.3 is 14.7 Å². The van der Waals surface area contributed by atoms with E-state index in [4.69, 9.17) is 4.74 Å². The number of carbonyl (C=O) groups excluding carboxylic acids is 1. The molecule has 176 valence electrons. The van der Waals surface area contributed by atoms with E-state index in [-0.39, 0.29) is 17.9 Å². The molecular weight excluding hydrogens is 442 g/mol. The van der Waals surface area contributed by atoms with Gasteiger partial charge in [0.1, 0.15) is 11.4 Å². The summed E-state index contributed by atoms with van der Waals surface area (Å²) in [5.74, 6) is -0.403. The zero-order valence-corrected chi connectivity index (χ0v) is 20.6. The maximum Gasteiger partial charge on any atom is 0.359 e. The lowest BCUT2D eigenvalue weighted by molar-refractivity contribution is -0.161. The maximum absolute atomic E-state index is 13.6. The molecule has 1 aliphatic rings. The van der Waals surface area contributed by atoms with E-state index in [1.165, 1.54) is 5.56 Å². The number of hydrogen-bond donors (Lipinski definition) is 1. The summed E-state index contributed by atoms with van der Waals surface area (Å²) in [6.07, 6.45) is 4.41. The predicted molar refractivity (Wildman–Crippen MR) is 139 cm³/mol. The summed E-state index contributed by atoms with van der Waals surface area (Å²) in [4.78, 5) is 16.6. The minimum Gasteiger partial charge on any atom is -0.510 e. The average Bonchev–Trinajstić information content (AvgIpc) is 2.88. The van der Waals surface area contributed by atoms with Crippen molar-refractivity contribution < 1.29 is 14.6 Å². The number of rotatable bonds is 9. The molecule has 3 aromatic carbocycles. The van der Waals surface area contributed by atoms with Crippen LogP contribution in [-0.4, -0.2) is 23.9 Å². The van der Waals surface area contributed by atoms with Gasteiger partial charge in [0.25, 0.3) is 0 Å². The van der Waals surface area contributed by atoms with Gasteiger partial charge in [-0.25, -0.2) is 4.79 Å². The van der Waals surface area contributed by atoms with Crippen molar-refractivity contribution in [3.05, 3.63) is 108 Å². The highest BCUT2D eigenvalue weighted by Gasteiger charge is 2.44. The molecule has 5 heteroatoms. The molecule has 0 fully saturated rings. The number of thioether (sulfide) groups is 1. The van der Waals surface area contributed by atoms with E-state index in [0.29, 0.717) is 13.0 Å². The highest BCUT2D eigenvalue weighted by molar-refractivity contribution is 7.98. The van der Waals surface area contributed by atoms with Gasteiger partial charge in [0, 0.05) is 17.1 Å². The van der Waals surface area contributed by atoms with Crippen LogP contribution in [0.5, 0.6) is 0 Å². The van der Waals surface area contributed by atoms with Gasteiger partial charge in [-0.3, -0.25) is 0 Å². The first-order chi connectivity index (χ1) is 16.6. The minimum absolute atomic E-state index is 0.0798. The lowest BCUT2D eigenvalue weighted by Crippen LogP contribution is -2.43. The van der Waals surface area contributed by atoms with Gasteiger partial charge in [0.15, 0.2) is 5.70 Å². The zero-order chi connectivity index (χ0) is 24.0. The molecule has 0 spiro atoms. The van der Waals surface area contributed by atoms with Crippen LogP contribution in [0.1, 0.15) is 37.3 Å². The number of nitrogens with zero attached hydrogens (tertiary/aromatic N) is 1. The highest BCUT2D eigenvalue weighted by Crippen LogP contribution is 2.42. The lowest BCUT2D eigenvalue weighted by Gasteiger charge is -2.40. The van der Waals surface area contributed by atoms with Crippen LogP contribution >= 0.6 is 11.8 Å². The Kier molecular flexibility index (Phi) is 7.63. The number of cyclic esters (lactones) is 1. The van der Waals surface area contributed by atoms with Crippen LogP contribution in [-0.2, 0) is 21.6 Å². The van der Waals surface area contributed by atoms with Crippen molar-refractivity contribution in [3.8, 4) is 0 Å². The fraction of sp³-hybridized carbons (Fsp3) is 0.276. The van der Waals surface area contributed by atoms with Crippen LogP contribution < -0.4 is 4.90 Å². The summed E-state index contributed by atoms with van der Waals surface area (Å²) >= 11 is 1.65. The number of benzene rings is 3. The van der Waals surface area contributed by atoms with Crippen LogP contribution in [0.4, 0.5) is 5.69 Å². The van der Waals surface area contributed by atoms with Crippen LogP contribution in [0.15, 0.2) is 101 Å². The number of anilines is 1. The van der Waals surface area contributed by atoms with Crippen molar-refractivity contribution in [1.29, 1.82) is 0 Å². The fourth-order valence-corrected chi connectivity index (χ4v) is 5.00. The second-order valence-corrected chi connectivity index (χ2v) is 9.44. The Morgan fingerprint density at radius 1 is 1.00 bits per heavy atom. The number of esters is 1. The largest absolute Gasteiger partial charge is 0.510 e. The van der Waals surface area contributed by atoms with Crippen molar-refractivity contribution >= 4 is 23.4 Å². The summed E-state index contributed by atoms with van der Waals surface area (Å²) < 4.78 is 6.27. The minimum atomic E-state index is -0.916. The Morgan fingerprint density at radius 3 is 2.35 bits per heavy atom. The molecule has 1 N–H and O–H groups in total. The van der Waals surface area contributed by atoms with Crippen molar-refractivity contribution in [2.75, 3.05) is 17.7 Å². The Balaban J connectivity index is 1.72. The quantitative estimate of drug-likeness (QED) is 0.271. The van der Waals surface area contributed by atoms with E-state index >= 15 is 0 Å². The molecule has 0 radical (unpaired) electrons. The van der Waals surface area contributed by atoms with Gasteiger partial charge in [0.2, 0.25) is 0 Å². The second kappa shape index (κ2) is 10.8. The molecule has 1 unspecified atom stereocenters. The Morgan fingerprint density at radius 2 is 1.71 bits per heavy atom. The number of carbonyl (C=O) groups is 1. The third kappa shape index (κ3) is 5.15. The normalized spacial score (nSPS) is 18.0. The molecule has 0 saturated carbocycles. The zero-order valence-electron chi connectivity index (χ0n) is 19.7. The molecule has 1 atom stereocenters. The van der Waals surface area contributed by atoms with E-state index in [0.717, 1.165) is 29.0 Å². The molecule has 0 aliphatic carbocycles. The molecular formula is C29H31NO3S. The van der Waals surface area contributed by atoms with E-state index in [9.17, 15) is 9.90 Å². The molecule has 0 aromatic heterocycles. The first-order valence-electron chi connectivity index (χ1n) is 11.7. The van der Waals surface area contributed by atoms with Crippen molar-refractivity contribution in [2.24, 2.45) is 0 Å². The number of aliphatic hydroxyl groups excluding tert-OH is 1. The first kappa shape index (κ1) is 24.0. The Bertz CT molecular complexity index is 1150. The molecule has 0 saturated heterocycles. The molecule has 4 nitrogen and oxygen atoms in total. The van der Waals surface area contributed by atoms with E-state index in [1.807, 2.05) is 84.0 Å². The molecule has 0 bridgehead atoms. The summed E-state index contributed by atoms with van der Waals surface area (Å²) in [5.41, 5.74) is 2.27. The van der Waals surface area contributed by atoms with Gasteiger partial charge >= 0.3 is 5.97 Å². The molecule has 0 amide bonds. The van der Waals surface area contributed by atoms with E-state index in [1.54, 1.807) is 11.8 Å². The van der Waals surface area contributed by atoms with Crippen molar-refractivity contribution in [1.82, 2.24) is 0 Å². The van der Waals surface area contributed by atoms with Crippen LogP contribution in [0.2, 0.25) is 0 Å². The Hall–Kier alpha value is -3.18. The number of ether oxygens (including phenoxy) is 1. The first-order valence-corrected chi connectivity index (χ1v) is 13.0. The van der Waals surface area contributed by atoms with Gasteiger partial charge in [-0.05, 0) is 54.8 Å². The standard InChI is InChI=1S/C29H31NO3S/c1-3-19-30(24-15-10-16-25(20-24)34-2)27-26(31)21-29(33-28(27)32,23-13-8-5-9-14-23)18-17-22-11-6-4-7-12-22/h4-16,20,31H,3,17-19,21H2,1-2H3. The lowest BCUT2D eigenvalue weighted by atomic mass is 9.82. The maximum atomic E-state index is 13.6. The molecule has 34 heavy (non-hydrogen) atoms. The van der Waals surface area contributed by atoms with E-state index in [2.05, 4.69) is 19.1 Å². The molecule has 1 aliphatic heterocycles. The molecule has 3 aromatic rings. The van der Waals surface area contributed by atoms with Gasteiger partial charge in [0.05, 0.1) is 6.42 Å². The smallest absolute Gasteiger partial charge is 0.359 e. The SMILES string of the molecule is CCCN(C1=C(O)CC(CCc2ccccc2)(c2ccccc2)OC1=O)c1cccc(SC)c1. The van der Waals surface area contributed by atoms with Crippen molar-refractivity contribution in [3.63, 3.8) is 0 Å². The Labute approximate surface area is 206 Å². The van der Waals surface area contributed by atoms with Crippen LogP contribution in [0, 0.1) is 0 Å². The molecule has 1 heterocycles. The van der Waals surface area contributed by atoms with Crippen molar-refractivity contribution in [2.45, 2.75) is 43.1 Å². The summed E-state index contributed by atoms with van der Waals surface area (Å²) in [6.45, 7) is 2.67.